The lowest BCUT2D eigenvalue weighted by atomic mass is 9.99. The van der Waals surface area contributed by atoms with Gasteiger partial charge in [-0.15, -0.1) is 10.2 Å². The smallest absolute Gasteiger partial charge is 0.234 e. The van der Waals surface area contributed by atoms with E-state index in [2.05, 4.69) is 41.5 Å². The Morgan fingerprint density at radius 2 is 1.74 bits per heavy atom. The van der Waals surface area contributed by atoms with E-state index >= 15 is 0 Å². The zero-order valence-corrected chi connectivity index (χ0v) is 21.0. The van der Waals surface area contributed by atoms with Crippen molar-refractivity contribution >= 4 is 35.0 Å². The fourth-order valence-electron chi connectivity index (χ4n) is 3.56. The van der Waals surface area contributed by atoms with Crippen molar-refractivity contribution in [1.29, 1.82) is 0 Å². The van der Waals surface area contributed by atoms with Crippen LogP contribution in [0.1, 0.15) is 37.3 Å². The Balaban J connectivity index is 1.54. The van der Waals surface area contributed by atoms with Crippen molar-refractivity contribution in [2.45, 2.75) is 38.3 Å². The van der Waals surface area contributed by atoms with Gasteiger partial charge in [-0.25, -0.2) is 0 Å². The van der Waals surface area contributed by atoms with Gasteiger partial charge in [0.25, 0.3) is 0 Å². The molecule has 1 amide bonds. The monoisotopic (exact) mass is 490 g/mol. The van der Waals surface area contributed by atoms with Gasteiger partial charge in [0, 0.05) is 16.9 Å². The van der Waals surface area contributed by atoms with Gasteiger partial charge in [0.1, 0.15) is 0 Å². The second-order valence-corrected chi connectivity index (χ2v) is 9.57. The second kappa shape index (κ2) is 10.9. The molecule has 0 radical (unpaired) electrons. The summed E-state index contributed by atoms with van der Waals surface area (Å²) in [6.45, 7) is 6.41. The van der Waals surface area contributed by atoms with Gasteiger partial charge < -0.3 is 5.32 Å². The van der Waals surface area contributed by atoms with E-state index in [4.69, 9.17) is 11.6 Å². The summed E-state index contributed by atoms with van der Waals surface area (Å²) in [6.07, 6.45) is 1.08. The second-order valence-electron chi connectivity index (χ2n) is 8.23. The van der Waals surface area contributed by atoms with Crippen LogP contribution >= 0.6 is 23.4 Å². The van der Waals surface area contributed by atoms with Crippen molar-refractivity contribution in [3.63, 3.8) is 0 Å². The lowest BCUT2D eigenvalue weighted by molar-refractivity contribution is -0.113. The SMILES string of the molecule is CCC(C)c1ccc(NC(=O)CSc2nnc(-c3ccccc3Cl)n2-c2ccc(C)cc2)cc1. The van der Waals surface area contributed by atoms with E-state index in [9.17, 15) is 4.79 Å². The number of carbonyl (C=O) groups is 1. The van der Waals surface area contributed by atoms with Crippen LogP contribution in [0.4, 0.5) is 5.69 Å². The van der Waals surface area contributed by atoms with Crippen LogP contribution in [0.15, 0.2) is 78.0 Å². The first-order chi connectivity index (χ1) is 16.5. The van der Waals surface area contributed by atoms with E-state index in [0.29, 0.717) is 21.9 Å². The number of thioether (sulfide) groups is 1. The van der Waals surface area contributed by atoms with Gasteiger partial charge in [-0.2, -0.15) is 0 Å². The molecule has 0 aliphatic carbocycles. The number of rotatable bonds is 8. The molecular formula is C27H27ClN4OS. The first-order valence-corrected chi connectivity index (χ1v) is 12.6. The molecule has 1 atom stereocenters. The number of carbonyl (C=O) groups excluding carboxylic acids is 1. The molecule has 1 aromatic heterocycles. The summed E-state index contributed by atoms with van der Waals surface area (Å²) >= 11 is 7.80. The Kier molecular flexibility index (Phi) is 7.70. The Morgan fingerprint density at radius 1 is 1.03 bits per heavy atom. The number of nitrogens with one attached hydrogen (secondary N) is 1. The molecule has 0 saturated carbocycles. The lowest BCUT2D eigenvalue weighted by Gasteiger charge is -2.12. The summed E-state index contributed by atoms with van der Waals surface area (Å²) in [5.74, 6) is 1.25. The van der Waals surface area contributed by atoms with E-state index in [0.717, 1.165) is 28.9 Å². The molecule has 5 nitrogen and oxygen atoms in total. The minimum Gasteiger partial charge on any atom is -0.325 e. The molecule has 1 N–H and O–H groups in total. The summed E-state index contributed by atoms with van der Waals surface area (Å²) in [5.41, 5.74) is 4.91. The molecule has 3 aromatic carbocycles. The van der Waals surface area contributed by atoms with Crippen molar-refractivity contribution in [1.82, 2.24) is 14.8 Å². The standard InChI is InChI=1S/C27H27ClN4OS/c1-4-19(3)20-11-13-21(14-12-20)29-25(33)17-34-27-31-30-26(23-7-5-6-8-24(23)28)32(27)22-15-9-18(2)10-16-22/h5-16,19H,4,17H2,1-3H3,(H,29,33). The summed E-state index contributed by atoms with van der Waals surface area (Å²) < 4.78 is 1.94. The maximum atomic E-state index is 12.7. The van der Waals surface area contributed by atoms with Gasteiger partial charge >= 0.3 is 0 Å². The molecule has 0 aliphatic rings. The number of benzene rings is 3. The molecule has 0 bridgehead atoms. The van der Waals surface area contributed by atoms with Crippen LogP contribution in [0, 0.1) is 6.92 Å². The van der Waals surface area contributed by atoms with Crippen LogP contribution in [0.25, 0.3) is 17.1 Å². The molecule has 0 saturated heterocycles. The zero-order chi connectivity index (χ0) is 24.1. The molecule has 7 heteroatoms. The van der Waals surface area contributed by atoms with Gasteiger partial charge in [0.05, 0.1) is 10.8 Å². The van der Waals surface area contributed by atoms with Crippen LogP contribution in [-0.2, 0) is 4.79 Å². The summed E-state index contributed by atoms with van der Waals surface area (Å²) in [7, 11) is 0. The molecule has 1 unspecified atom stereocenters. The van der Waals surface area contributed by atoms with Crippen molar-refractivity contribution in [3.8, 4) is 17.1 Å². The number of nitrogens with zero attached hydrogens (tertiary/aromatic N) is 3. The Hall–Kier alpha value is -3.09. The van der Waals surface area contributed by atoms with E-state index in [1.165, 1.54) is 17.3 Å². The third-order valence-corrected chi connectivity index (χ3v) is 7.01. The Morgan fingerprint density at radius 3 is 2.41 bits per heavy atom. The molecule has 4 rings (SSSR count). The van der Waals surface area contributed by atoms with Crippen LogP contribution < -0.4 is 5.32 Å². The predicted molar refractivity (Wildman–Crippen MR) is 141 cm³/mol. The van der Waals surface area contributed by atoms with Crippen LogP contribution in [0.5, 0.6) is 0 Å². The highest BCUT2D eigenvalue weighted by atomic mass is 35.5. The van der Waals surface area contributed by atoms with Gasteiger partial charge in [-0.1, -0.05) is 79.2 Å². The average Bonchev–Trinajstić information content (AvgIpc) is 3.27. The molecule has 0 fully saturated rings. The fourth-order valence-corrected chi connectivity index (χ4v) is 4.54. The van der Waals surface area contributed by atoms with Crippen LogP contribution in [0.3, 0.4) is 0 Å². The van der Waals surface area contributed by atoms with Gasteiger partial charge in [0.2, 0.25) is 5.91 Å². The minimum atomic E-state index is -0.0981. The van der Waals surface area contributed by atoms with Crippen molar-refractivity contribution < 1.29 is 4.79 Å². The summed E-state index contributed by atoms with van der Waals surface area (Å²) in [5, 5.41) is 13.0. The average molecular weight is 491 g/mol. The summed E-state index contributed by atoms with van der Waals surface area (Å²) in [4.78, 5) is 12.7. The maximum Gasteiger partial charge on any atom is 0.234 e. The van der Waals surface area contributed by atoms with Crippen molar-refractivity contribution in [2.24, 2.45) is 0 Å². The third-order valence-electron chi connectivity index (χ3n) is 5.75. The van der Waals surface area contributed by atoms with E-state index in [-0.39, 0.29) is 11.7 Å². The minimum absolute atomic E-state index is 0.0981. The molecule has 4 aromatic rings. The fraction of sp³-hybridized carbons (Fsp3) is 0.222. The topological polar surface area (TPSA) is 59.8 Å². The van der Waals surface area contributed by atoms with Gasteiger partial charge in [-0.05, 0) is 61.2 Å². The zero-order valence-electron chi connectivity index (χ0n) is 19.5. The number of hydrogen-bond acceptors (Lipinski definition) is 4. The molecule has 0 spiro atoms. The molecule has 174 valence electrons. The van der Waals surface area contributed by atoms with Crippen molar-refractivity contribution in [2.75, 3.05) is 11.1 Å². The highest BCUT2D eigenvalue weighted by Gasteiger charge is 2.19. The van der Waals surface area contributed by atoms with E-state index < -0.39 is 0 Å². The largest absolute Gasteiger partial charge is 0.325 e. The molecule has 34 heavy (non-hydrogen) atoms. The predicted octanol–water partition coefficient (Wildman–Crippen LogP) is 7.14. The Bertz CT molecular complexity index is 1270. The number of anilines is 1. The highest BCUT2D eigenvalue weighted by molar-refractivity contribution is 7.99. The molecule has 0 aliphatic heterocycles. The quantitative estimate of drug-likeness (QED) is 0.266. The number of aryl methyl sites for hydroxylation is 1. The normalized spacial score (nSPS) is 11.9. The maximum absolute atomic E-state index is 12.7. The number of aromatic nitrogens is 3. The summed E-state index contributed by atoms with van der Waals surface area (Å²) in [6, 6.07) is 23.7. The van der Waals surface area contributed by atoms with Crippen molar-refractivity contribution in [3.05, 3.63) is 88.9 Å². The first kappa shape index (κ1) is 24.0. The van der Waals surface area contributed by atoms with Gasteiger partial charge in [-0.3, -0.25) is 9.36 Å². The Labute approximate surface area is 209 Å². The van der Waals surface area contributed by atoms with E-state index in [1.807, 2.05) is 72.2 Å². The highest BCUT2D eigenvalue weighted by Crippen LogP contribution is 2.32. The first-order valence-electron chi connectivity index (χ1n) is 11.3. The van der Waals surface area contributed by atoms with Gasteiger partial charge in [0.15, 0.2) is 11.0 Å². The van der Waals surface area contributed by atoms with Crippen LogP contribution in [-0.4, -0.2) is 26.4 Å². The molecule has 1 heterocycles. The lowest BCUT2D eigenvalue weighted by Crippen LogP contribution is -2.14. The number of halogens is 1. The number of hydrogen-bond donors (Lipinski definition) is 1. The van der Waals surface area contributed by atoms with E-state index in [1.54, 1.807) is 0 Å². The molecular weight excluding hydrogens is 464 g/mol. The van der Waals surface area contributed by atoms with Crippen LogP contribution in [0.2, 0.25) is 5.02 Å². The third kappa shape index (κ3) is 5.51. The number of amides is 1.